The van der Waals surface area contributed by atoms with Crippen LogP contribution in [0.15, 0.2) is 41.0 Å². The number of ketones is 1. The third kappa shape index (κ3) is 4.49. The smallest absolute Gasteiger partial charge is 0.163 e. The molecule has 4 nitrogen and oxygen atoms in total. The Bertz CT molecular complexity index is 928. The van der Waals surface area contributed by atoms with Gasteiger partial charge in [-0.3, -0.25) is 4.79 Å². The lowest BCUT2D eigenvalue weighted by Gasteiger charge is -2.20. The number of sulfone groups is 1. The Labute approximate surface area is 160 Å². The average Bonchev–Trinajstić information content (AvgIpc) is 2.80. The van der Waals surface area contributed by atoms with Crippen LogP contribution >= 0.6 is 27.5 Å². The third-order valence-corrected chi connectivity index (χ3v) is 7.05. The standard InChI is InChI=1S/C18H17BrClNO3S/c1-18(6-7-25(23,24)11-18)10-16(22)13-8-15(21-17(19)9-13)12-2-4-14(20)5-3-12/h2-5,8-9H,6-7,10-11H2,1H3. The van der Waals surface area contributed by atoms with Crippen LogP contribution in [-0.2, 0) is 9.84 Å². The molecule has 0 amide bonds. The molecule has 1 fully saturated rings. The van der Waals surface area contributed by atoms with Gasteiger partial charge in [0.25, 0.3) is 0 Å². The summed E-state index contributed by atoms with van der Waals surface area (Å²) in [5.41, 5.74) is 1.55. The molecule has 25 heavy (non-hydrogen) atoms. The fraction of sp³-hybridized carbons (Fsp3) is 0.333. The van der Waals surface area contributed by atoms with Crippen molar-refractivity contribution < 1.29 is 13.2 Å². The van der Waals surface area contributed by atoms with Crippen molar-refractivity contribution in [2.45, 2.75) is 19.8 Å². The number of nitrogens with zero attached hydrogens (tertiary/aromatic N) is 1. The zero-order chi connectivity index (χ0) is 18.2. The molecule has 1 aromatic carbocycles. The summed E-state index contributed by atoms with van der Waals surface area (Å²) >= 11 is 9.26. The van der Waals surface area contributed by atoms with E-state index in [1.54, 1.807) is 24.3 Å². The second-order valence-electron chi connectivity index (χ2n) is 6.82. The number of carbonyl (C=O) groups is 1. The number of aromatic nitrogens is 1. The van der Waals surface area contributed by atoms with E-state index in [1.807, 2.05) is 19.1 Å². The van der Waals surface area contributed by atoms with Gasteiger partial charge in [-0.1, -0.05) is 30.7 Å². The van der Waals surface area contributed by atoms with E-state index in [4.69, 9.17) is 11.6 Å². The Morgan fingerprint density at radius 1 is 1.28 bits per heavy atom. The molecule has 1 atom stereocenters. The summed E-state index contributed by atoms with van der Waals surface area (Å²) in [5.74, 6) is 0.160. The Hall–Kier alpha value is -1.24. The van der Waals surface area contributed by atoms with E-state index in [0.29, 0.717) is 27.3 Å². The number of benzene rings is 1. The predicted molar refractivity (Wildman–Crippen MR) is 103 cm³/mol. The van der Waals surface area contributed by atoms with E-state index in [0.717, 1.165) is 5.56 Å². The van der Waals surface area contributed by atoms with Gasteiger partial charge in [0, 0.05) is 22.6 Å². The fourth-order valence-electron chi connectivity index (χ4n) is 3.13. The molecule has 2 aromatic rings. The highest BCUT2D eigenvalue weighted by Crippen LogP contribution is 2.36. The molecule has 0 spiro atoms. The van der Waals surface area contributed by atoms with Gasteiger partial charge in [-0.15, -0.1) is 0 Å². The minimum absolute atomic E-state index is 0.0714. The Balaban J connectivity index is 1.87. The molecule has 0 bridgehead atoms. The Morgan fingerprint density at radius 3 is 2.56 bits per heavy atom. The van der Waals surface area contributed by atoms with Crippen LogP contribution in [0, 0.1) is 5.41 Å². The molecule has 7 heteroatoms. The number of pyridine rings is 1. The molecule has 0 saturated carbocycles. The Morgan fingerprint density at radius 2 is 1.96 bits per heavy atom. The van der Waals surface area contributed by atoms with E-state index in [9.17, 15) is 13.2 Å². The van der Waals surface area contributed by atoms with Crippen molar-refractivity contribution in [3.8, 4) is 11.3 Å². The lowest BCUT2D eigenvalue weighted by Crippen LogP contribution is -2.22. The van der Waals surface area contributed by atoms with Gasteiger partial charge < -0.3 is 0 Å². The summed E-state index contributed by atoms with van der Waals surface area (Å²) in [7, 11) is -3.03. The predicted octanol–water partition coefficient (Wildman–Crippen LogP) is 4.56. The molecule has 0 N–H and O–H groups in total. The lowest BCUT2D eigenvalue weighted by molar-refractivity contribution is 0.0934. The van der Waals surface area contributed by atoms with Gasteiger partial charge in [-0.2, -0.15) is 0 Å². The summed E-state index contributed by atoms with van der Waals surface area (Å²) in [6, 6.07) is 10.6. The highest BCUT2D eigenvalue weighted by atomic mass is 79.9. The SMILES string of the molecule is CC1(CC(=O)c2cc(Br)nc(-c3ccc(Cl)cc3)c2)CCS(=O)(=O)C1. The first-order valence-electron chi connectivity index (χ1n) is 7.83. The molecule has 1 unspecified atom stereocenters. The maximum Gasteiger partial charge on any atom is 0.163 e. The Kier molecular flexibility index (Phi) is 5.06. The average molecular weight is 443 g/mol. The molecule has 0 aliphatic carbocycles. The van der Waals surface area contributed by atoms with Crippen LogP contribution in [0.3, 0.4) is 0 Å². The summed E-state index contributed by atoms with van der Waals surface area (Å²) < 4.78 is 24.1. The molecule has 1 aromatic heterocycles. The molecule has 1 saturated heterocycles. The van der Waals surface area contributed by atoms with E-state index in [1.165, 1.54) is 0 Å². The first-order chi connectivity index (χ1) is 11.7. The normalized spacial score (nSPS) is 22.0. The summed E-state index contributed by atoms with van der Waals surface area (Å²) in [4.78, 5) is 17.2. The molecule has 0 radical (unpaired) electrons. The van der Waals surface area contributed by atoms with Crippen molar-refractivity contribution >= 4 is 43.2 Å². The van der Waals surface area contributed by atoms with Crippen LogP contribution in [0.5, 0.6) is 0 Å². The largest absolute Gasteiger partial charge is 0.294 e. The van der Waals surface area contributed by atoms with Crippen molar-refractivity contribution in [1.29, 1.82) is 0 Å². The van der Waals surface area contributed by atoms with Crippen LogP contribution in [0.1, 0.15) is 30.1 Å². The van der Waals surface area contributed by atoms with Crippen LogP contribution in [0.25, 0.3) is 11.3 Å². The number of hydrogen-bond acceptors (Lipinski definition) is 4. The number of halogens is 2. The van der Waals surface area contributed by atoms with Gasteiger partial charge >= 0.3 is 0 Å². The second kappa shape index (κ2) is 6.82. The van der Waals surface area contributed by atoms with Gasteiger partial charge in [-0.25, -0.2) is 13.4 Å². The molecule has 2 heterocycles. The molecule has 132 valence electrons. The number of Topliss-reactive ketones (excluding diaryl/α,β-unsaturated/α-hetero) is 1. The van der Waals surface area contributed by atoms with Gasteiger partial charge in [0.1, 0.15) is 4.60 Å². The van der Waals surface area contributed by atoms with Crippen molar-refractivity contribution in [3.05, 3.63) is 51.6 Å². The third-order valence-electron chi connectivity index (χ3n) is 4.43. The minimum Gasteiger partial charge on any atom is -0.294 e. The second-order valence-corrected chi connectivity index (χ2v) is 10.3. The molecule has 3 rings (SSSR count). The number of rotatable bonds is 4. The van der Waals surface area contributed by atoms with Crippen LogP contribution < -0.4 is 0 Å². The van der Waals surface area contributed by atoms with Crippen LogP contribution in [0.4, 0.5) is 0 Å². The van der Waals surface area contributed by atoms with E-state index in [2.05, 4.69) is 20.9 Å². The monoisotopic (exact) mass is 441 g/mol. The highest BCUT2D eigenvalue weighted by Gasteiger charge is 2.39. The number of carbonyl (C=O) groups excluding carboxylic acids is 1. The van der Waals surface area contributed by atoms with Gasteiger partial charge in [0.2, 0.25) is 0 Å². The van der Waals surface area contributed by atoms with E-state index >= 15 is 0 Å². The fourth-order valence-corrected chi connectivity index (χ4v) is 5.95. The van der Waals surface area contributed by atoms with Crippen molar-refractivity contribution in [2.24, 2.45) is 5.41 Å². The topological polar surface area (TPSA) is 64.1 Å². The zero-order valence-corrected chi connectivity index (χ0v) is 16.8. The lowest BCUT2D eigenvalue weighted by atomic mass is 9.83. The van der Waals surface area contributed by atoms with Gasteiger partial charge in [0.05, 0.1) is 17.2 Å². The van der Waals surface area contributed by atoms with Gasteiger partial charge in [-0.05, 0) is 52.0 Å². The first kappa shape index (κ1) is 18.5. The summed E-state index contributed by atoms with van der Waals surface area (Å²) in [6.07, 6.45) is 0.736. The maximum absolute atomic E-state index is 12.7. The minimum atomic E-state index is -3.03. The van der Waals surface area contributed by atoms with E-state index in [-0.39, 0.29) is 23.7 Å². The summed E-state index contributed by atoms with van der Waals surface area (Å²) in [6.45, 7) is 1.87. The van der Waals surface area contributed by atoms with Crippen LogP contribution in [-0.4, -0.2) is 30.7 Å². The van der Waals surface area contributed by atoms with Crippen molar-refractivity contribution in [3.63, 3.8) is 0 Å². The zero-order valence-electron chi connectivity index (χ0n) is 13.6. The van der Waals surface area contributed by atoms with Crippen molar-refractivity contribution in [2.75, 3.05) is 11.5 Å². The molecular formula is C18H17BrClNO3S. The van der Waals surface area contributed by atoms with Crippen molar-refractivity contribution in [1.82, 2.24) is 4.98 Å². The van der Waals surface area contributed by atoms with Gasteiger partial charge in [0.15, 0.2) is 15.6 Å². The maximum atomic E-state index is 12.7. The quantitative estimate of drug-likeness (QED) is 0.514. The molecular weight excluding hydrogens is 426 g/mol. The molecule has 1 aliphatic heterocycles. The molecule has 1 aliphatic rings. The van der Waals surface area contributed by atoms with E-state index < -0.39 is 15.3 Å². The summed E-state index contributed by atoms with van der Waals surface area (Å²) in [5, 5.41) is 0.630. The highest BCUT2D eigenvalue weighted by molar-refractivity contribution is 9.10. The first-order valence-corrected chi connectivity index (χ1v) is 10.8. The van der Waals surface area contributed by atoms with Crippen LogP contribution in [0.2, 0.25) is 5.02 Å². The number of hydrogen-bond donors (Lipinski definition) is 0.